The summed E-state index contributed by atoms with van der Waals surface area (Å²) in [6.45, 7) is 0.460. The summed E-state index contributed by atoms with van der Waals surface area (Å²) < 4.78 is 77.1. The third kappa shape index (κ3) is 4.74. The maximum atomic E-state index is 15.1. The number of ether oxygens (including phenoxy) is 1. The molecular formula is C21H22ClF5N6O. The fourth-order valence-corrected chi connectivity index (χ4v) is 3.87. The lowest BCUT2D eigenvalue weighted by Crippen LogP contribution is -2.32. The second kappa shape index (κ2) is 9.14. The molecule has 2 heterocycles. The van der Waals surface area contributed by atoms with Crippen LogP contribution < -0.4 is 10.1 Å². The summed E-state index contributed by atoms with van der Waals surface area (Å²) in [5, 5.41) is 6.26. The van der Waals surface area contributed by atoms with E-state index in [0.717, 1.165) is 29.5 Å². The highest BCUT2D eigenvalue weighted by molar-refractivity contribution is 6.33. The first kappa shape index (κ1) is 24.4. The molecule has 1 aromatic carbocycles. The van der Waals surface area contributed by atoms with Gasteiger partial charge in [-0.2, -0.15) is 32.8 Å². The highest BCUT2D eigenvalue weighted by Gasteiger charge is 2.63. The molecule has 0 saturated heterocycles. The maximum Gasteiger partial charge on any atom is 0.396 e. The van der Waals surface area contributed by atoms with Gasteiger partial charge in [0.1, 0.15) is 34.7 Å². The van der Waals surface area contributed by atoms with E-state index < -0.39 is 35.3 Å². The summed E-state index contributed by atoms with van der Waals surface area (Å²) >= 11 is 6.25. The normalized spacial score (nSPS) is 15.2. The van der Waals surface area contributed by atoms with Crippen molar-refractivity contribution in [1.29, 1.82) is 0 Å². The molecule has 13 heteroatoms. The molecule has 0 spiro atoms. The molecule has 0 amide bonds. The zero-order valence-electron chi connectivity index (χ0n) is 18.4. The fourth-order valence-electron chi connectivity index (χ4n) is 3.61. The molecule has 2 aromatic heterocycles. The number of rotatable bonds is 9. The Hall–Kier alpha value is -2.73. The van der Waals surface area contributed by atoms with Crippen molar-refractivity contribution in [1.82, 2.24) is 24.5 Å². The standard InChI is InChI=1S/C21H22ClF5N6O/c1-32(2)6-3-7-34-12-8-13(23)15(14(24)9-12)16-17(22)31-19-29-11-30-33(19)18(16)28-10-20(4-5-20)21(25,26)27/h8-9,11,28H,3-7,10H2,1-2H3. The van der Waals surface area contributed by atoms with E-state index in [2.05, 4.69) is 20.4 Å². The minimum atomic E-state index is -4.43. The number of hydrogen-bond donors (Lipinski definition) is 1. The van der Waals surface area contributed by atoms with Gasteiger partial charge in [-0.3, -0.25) is 0 Å². The van der Waals surface area contributed by atoms with Crippen LogP contribution >= 0.6 is 11.6 Å². The fraction of sp³-hybridized carbons (Fsp3) is 0.476. The molecule has 1 aliphatic carbocycles. The SMILES string of the molecule is CN(C)CCCOc1cc(F)c(-c2c(Cl)nc3ncnn3c2NCC2(C(F)(F)F)CC2)c(F)c1. The van der Waals surface area contributed by atoms with Gasteiger partial charge in [-0.25, -0.2) is 8.78 Å². The van der Waals surface area contributed by atoms with E-state index in [1.54, 1.807) is 0 Å². The molecule has 1 aliphatic rings. The van der Waals surface area contributed by atoms with Crippen LogP contribution in [0.25, 0.3) is 16.9 Å². The number of nitrogens with one attached hydrogen (secondary N) is 1. The van der Waals surface area contributed by atoms with Crippen molar-refractivity contribution in [3.63, 3.8) is 0 Å². The molecule has 3 aromatic rings. The lowest BCUT2D eigenvalue weighted by Gasteiger charge is -2.22. The van der Waals surface area contributed by atoms with Gasteiger partial charge in [0.15, 0.2) is 0 Å². The molecular weight excluding hydrogens is 483 g/mol. The van der Waals surface area contributed by atoms with Crippen LogP contribution in [0.5, 0.6) is 5.75 Å². The quantitative estimate of drug-likeness (QED) is 0.256. The van der Waals surface area contributed by atoms with Gasteiger partial charge in [-0.05, 0) is 33.4 Å². The minimum Gasteiger partial charge on any atom is -0.493 e. The Labute approximate surface area is 196 Å². The van der Waals surface area contributed by atoms with Gasteiger partial charge < -0.3 is 15.0 Å². The number of fused-ring (bicyclic) bond motifs is 1. The predicted octanol–water partition coefficient (Wildman–Crippen LogP) is 4.81. The maximum absolute atomic E-state index is 15.1. The molecule has 34 heavy (non-hydrogen) atoms. The largest absolute Gasteiger partial charge is 0.493 e. The topological polar surface area (TPSA) is 67.6 Å². The van der Waals surface area contributed by atoms with Crippen LogP contribution in [0.3, 0.4) is 0 Å². The monoisotopic (exact) mass is 504 g/mol. The number of alkyl halides is 3. The zero-order valence-corrected chi connectivity index (χ0v) is 19.1. The first-order chi connectivity index (χ1) is 16.0. The second-order valence-electron chi connectivity index (χ2n) is 8.50. The lowest BCUT2D eigenvalue weighted by atomic mass is 10.0. The number of aromatic nitrogens is 4. The van der Waals surface area contributed by atoms with E-state index in [-0.39, 0.29) is 47.5 Å². The smallest absolute Gasteiger partial charge is 0.396 e. The van der Waals surface area contributed by atoms with E-state index in [4.69, 9.17) is 16.3 Å². The zero-order chi connectivity index (χ0) is 24.7. The third-order valence-electron chi connectivity index (χ3n) is 5.72. The number of halogens is 6. The van der Waals surface area contributed by atoms with Gasteiger partial charge >= 0.3 is 6.18 Å². The summed E-state index contributed by atoms with van der Waals surface area (Å²) in [6, 6.07) is 2.00. The van der Waals surface area contributed by atoms with Crippen molar-refractivity contribution >= 4 is 23.2 Å². The summed E-state index contributed by atoms with van der Waals surface area (Å²) in [6.07, 6.45) is -2.78. The van der Waals surface area contributed by atoms with Crippen LogP contribution in [-0.2, 0) is 0 Å². The number of hydrogen-bond acceptors (Lipinski definition) is 6. The first-order valence-corrected chi connectivity index (χ1v) is 10.9. The number of anilines is 1. The molecule has 1 fully saturated rings. The van der Waals surface area contributed by atoms with Crippen LogP contribution in [0.15, 0.2) is 18.5 Å². The van der Waals surface area contributed by atoms with Crippen LogP contribution in [0.1, 0.15) is 19.3 Å². The number of benzene rings is 1. The van der Waals surface area contributed by atoms with Crippen molar-refractivity contribution in [3.8, 4) is 16.9 Å². The van der Waals surface area contributed by atoms with E-state index in [1.165, 1.54) is 0 Å². The molecule has 4 rings (SSSR count). The Kier molecular flexibility index (Phi) is 6.56. The molecule has 0 atom stereocenters. The summed E-state index contributed by atoms with van der Waals surface area (Å²) in [4.78, 5) is 9.81. The molecule has 0 radical (unpaired) electrons. The molecule has 0 aliphatic heterocycles. The van der Waals surface area contributed by atoms with Crippen molar-refractivity contribution in [3.05, 3.63) is 35.2 Å². The Balaban J connectivity index is 1.70. The van der Waals surface area contributed by atoms with Gasteiger partial charge in [0, 0.05) is 25.2 Å². The van der Waals surface area contributed by atoms with Crippen molar-refractivity contribution in [2.75, 3.05) is 39.1 Å². The van der Waals surface area contributed by atoms with E-state index >= 15 is 8.78 Å². The molecule has 1 saturated carbocycles. The van der Waals surface area contributed by atoms with Gasteiger partial charge in [-0.15, -0.1) is 0 Å². The lowest BCUT2D eigenvalue weighted by molar-refractivity contribution is -0.182. The molecule has 7 nitrogen and oxygen atoms in total. The molecule has 1 N–H and O–H groups in total. The molecule has 0 bridgehead atoms. The van der Waals surface area contributed by atoms with E-state index in [1.807, 2.05) is 19.0 Å². The van der Waals surface area contributed by atoms with Gasteiger partial charge in [0.25, 0.3) is 5.78 Å². The summed E-state index contributed by atoms with van der Waals surface area (Å²) in [7, 11) is 3.78. The highest BCUT2D eigenvalue weighted by atomic mass is 35.5. The first-order valence-electron chi connectivity index (χ1n) is 10.5. The van der Waals surface area contributed by atoms with Crippen LogP contribution in [0, 0.1) is 17.0 Å². The molecule has 0 unspecified atom stereocenters. The summed E-state index contributed by atoms with van der Waals surface area (Å²) in [5.74, 6) is -2.21. The Bertz CT molecular complexity index is 1170. The highest BCUT2D eigenvalue weighted by Crippen LogP contribution is 2.57. The van der Waals surface area contributed by atoms with Crippen molar-refractivity contribution < 1.29 is 26.7 Å². The predicted molar refractivity (Wildman–Crippen MR) is 116 cm³/mol. The Morgan fingerprint density at radius 1 is 1.18 bits per heavy atom. The average Bonchev–Trinajstić information content (AvgIpc) is 3.41. The van der Waals surface area contributed by atoms with Gasteiger partial charge in [-0.1, -0.05) is 11.6 Å². The van der Waals surface area contributed by atoms with Gasteiger partial charge in [0.05, 0.1) is 23.1 Å². The average molecular weight is 505 g/mol. The molecule has 184 valence electrons. The van der Waals surface area contributed by atoms with Gasteiger partial charge in [0.2, 0.25) is 0 Å². The van der Waals surface area contributed by atoms with Crippen molar-refractivity contribution in [2.24, 2.45) is 5.41 Å². The van der Waals surface area contributed by atoms with E-state index in [9.17, 15) is 13.2 Å². The van der Waals surface area contributed by atoms with E-state index in [0.29, 0.717) is 6.42 Å². The number of nitrogens with zero attached hydrogens (tertiary/aromatic N) is 5. The van der Waals surface area contributed by atoms with Crippen LogP contribution in [0.2, 0.25) is 5.15 Å². The van der Waals surface area contributed by atoms with Crippen LogP contribution in [-0.4, -0.2) is 64.4 Å². The van der Waals surface area contributed by atoms with Crippen molar-refractivity contribution in [2.45, 2.75) is 25.4 Å². The Morgan fingerprint density at radius 2 is 1.85 bits per heavy atom. The summed E-state index contributed by atoms with van der Waals surface area (Å²) in [5.41, 5.74) is -2.74. The Morgan fingerprint density at radius 3 is 2.44 bits per heavy atom. The van der Waals surface area contributed by atoms with Crippen LogP contribution in [0.4, 0.5) is 27.8 Å². The minimum absolute atomic E-state index is 0.0214. The second-order valence-corrected chi connectivity index (χ2v) is 8.85. The third-order valence-corrected chi connectivity index (χ3v) is 5.99.